The number of hydrazone groups is 1. The lowest BCUT2D eigenvalue weighted by molar-refractivity contribution is -0.119. The summed E-state index contributed by atoms with van der Waals surface area (Å²) < 4.78 is 0. The van der Waals surface area contributed by atoms with Gasteiger partial charge in [-0.2, -0.15) is 0 Å². The number of thioether (sulfide) groups is 1. The Morgan fingerprint density at radius 2 is 1.66 bits per heavy atom. The van der Waals surface area contributed by atoms with E-state index in [0.29, 0.717) is 33.5 Å². The molecule has 0 atom stereocenters. The Morgan fingerprint density at radius 1 is 0.971 bits per heavy atom. The van der Waals surface area contributed by atoms with E-state index in [0.717, 1.165) is 22.9 Å². The smallest absolute Gasteiger partial charge is 0.232 e. The molecule has 1 aliphatic carbocycles. The zero-order chi connectivity index (χ0) is 24.0. The molecule has 1 aliphatic heterocycles. The molecular formula is C23H22N8O2S2. The second kappa shape index (κ2) is 10.7. The average Bonchev–Trinajstić information content (AvgIpc) is 3.46. The first-order valence-electron chi connectivity index (χ1n) is 11.1. The summed E-state index contributed by atoms with van der Waals surface area (Å²) in [5.74, 6) is 0.399. The van der Waals surface area contributed by atoms with Gasteiger partial charge in [0.2, 0.25) is 16.9 Å². The minimum Gasteiger partial charge on any atom is -0.303 e. The van der Waals surface area contributed by atoms with E-state index < -0.39 is 0 Å². The number of rotatable bonds is 7. The highest BCUT2D eigenvalue weighted by Gasteiger charge is 2.33. The fourth-order valence-electron chi connectivity index (χ4n) is 3.71. The maximum atomic E-state index is 12.2. The van der Waals surface area contributed by atoms with E-state index in [1.807, 2.05) is 36.4 Å². The first kappa shape index (κ1) is 23.1. The fourth-order valence-corrected chi connectivity index (χ4v) is 5.41. The van der Waals surface area contributed by atoms with Crippen LogP contribution in [0.25, 0.3) is 0 Å². The molecule has 3 aromatic heterocycles. The van der Waals surface area contributed by atoms with Crippen molar-refractivity contribution in [1.29, 1.82) is 0 Å². The van der Waals surface area contributed by atoms with Gasteiger partial charge in [0.15, 0.2) is 5.17 Å². The molecule has 4 heterocycles. The highest BCUT2D eigenvalue weighted by Crippen LogP contribution is 2.44. The predicted octanol–water partition coefficient (Wildman–Crippen LogP) is 2.81. The highest BCUT2D eigenvalue weighted by molar-refractivity contribution is 8.17. The van der Waals surface area contributed by atoms with E-state index in [4.69, 9.17) is 0 Å². The van der Waals surface area contributed by atoms with E-state index in [2.05, 4.69) is 47.4 Å². The van der Waals surface area contributed by atoms with Crippen molar-refractivity contribution in [3.05, 3.63) is 76.3 Å². The Kier molecular flexibility index (Phi) is 7.09. The summed E-state index contributed by atoms with van der Waals surface area (Å²) in [5.41, 5.74) is 4.40. The summed E-state index contributed by atoms with van der Waals surface area (Å²) in [6.45, 7) is 0. The molecule has 1 saturated carbocycles. The molecule has 5 rings (SSSR count). The summed E-state index contributed by atoms with van der Waals surface area (Å²) >= 11 is 2.82. The number of anilines is 1. The van der Waals surface area contributed by atoms with Crippen LogP contribution in [0.1, 0.15) is 35.2 Å². The van der Waals surface area contributed by atoms with Crippen molar-refractivity contribution in [1.82, 2.24) is 30.9 Å². The van der Waals surface area contributed by atoms with Crippen LogP contribution in [0.5, 0.6) is 0 Å². The Hall–Kier alpha value is -3.64. The normalized spacial score (nSPS) is 20.0. The number of carbonyl (C=O) groups excluding carboxylic acids is 2. The van der Waals surface area contributed by atoms with Crippen LogP contribution in [-0.4, -0.2) is 37.1 Å². The minimum absolute atomic E-state index is 0.152. The summed E-state index contributed by atoms with van der Waals surface area (Å²) in [7, 11) is 0. The molecule has 0 bridgehead atoms. The Bertz CT molecular complexity index is 1260. The van der Waals surface area contributed by atoms with Crippen molar-refractivity contribution < 1.29 is 9.59 Å². The van der Waals surface area contributed by atoms with E-state index in [1.165, 1.54) is 23.1 Å². The van der Waals surface area contributed by atoms with E-state index in [-0.39, 0.29) is 24.7 Å². The average molecular weight is 507 g/mol. The van der Waals surface area contributed by atoms with Gasteiger partial charge in [-0.3, -0.25) is 25.0 Å². The Labute approximate surface area is 209 Å². The summed E-state index contributed by atoms with van der Waals surface area (Å²) in [5, 5.41) is 21.1. The minimum atomic E-state index is -0.158. The quantitative estimate of drug-likeness (QED) is 0.445. The second-order valence-corrected chi connectivity index (χ2v) is 10.2. The first-order chi connectivity index (χ1) is 17.1. The number of pyridine rings is 2. The highest BCUT2D eigenvalue weighted by atomic mass is 32.2. The van der Waals surface area contributed by atoms with Crippen molar-refractivity contribution in [2.24, 2.45) is 11.0 Å². The van der Waals surface area contributed by atoms with Crippen molar-refractivity contribution in [3.8, 4) is 0 Å². The number of nitrogens with one attached hydrogen (secondary N) is 3. The van der Waals surface area contributed by atoms with Gasteiger partial charge in [0.1, 0.15) is 5.01 Å². The molecule has 178 valence electrons. The molecule has 2 aliphatic rings. The molecule has 3 aromatic rings. The molecule has 0 aromatic carbocycles. The maximum absolute atomic E-state index is 12.2. The van der Waals surface area contributed by atoms with Crippen LogP contribution in [0.4, 0.5) is 5.13 Å². The maximum Gasteiger partial charge on any atom is 0.232 e. The summed E-state index contributed by atoms with van der Waals surface area (Å²) in [4.78, 5) is 32.7. The molecule has 0 saturated heterocycles. The third kappa shape index (κ3) is 6.28. The number of amidine groups is 1. The molecule has 12 heteroatoms. The van der Waals surface area contributed by atoms with Crippen molar-refractivity contribution in [3.63, 3.8) is 0 Å². The molecule has 1 fully saturated rings. The van der Waals surface area contributed by atoms with E-state index in [1.54, 1.807) is 12.4 Å². The topological polar surface area (TPSA) is 134 Å². The van der Waals surface area contributed by atoms with Gasteiger partial charge in [-0.15, -0.1) is 15.3 Å². The van der Waals surface area contributed by atoms with Crippen LogP contribution >= 0.6 is 23.1 Å². The van der Waals surface area contributed by atoms with Gasteiger partial charge in [-0.05, 0) is 60.9 Å². The molecule has 0 spiro atoms. The predicted molar refractivity (Wildman–Crippen MR) is 134 cm³/mol. The molecule has 0 radical (unpaired) electrons. The van der Waals surface area contributed by atoms with Gasteiger partial charge in [0.25, 0.3) is 0 Å². The van der Waals surface area contributed by atoms with Gasteiger partial charge >= 0.3 is 0 Å². The van der Waals surface area contributed by atoms with Crippen LogP contribution in [0.3, 0.4) is 0 Å². The largest absolute Gasteiger partial charge is 0.303 e. The molecule has 35 heavy (non-hydrogen) atoms. The first-order valence-corrected chi connectivity index (χ1v) is 12.7. The lowest BCUT2D eigenvalue weighted by Gasteiger charge is -2.31. The second-order valence-electron chi connectivity index (χ2n) is 8.13. The monoisotopic (exact) mass is 506 g/mol. The number of aromatic nitrogens is 4. The molecule has 10 nitrogen and oxygen atoms in total. The standard InChI is InChI=1S/C23H22N8O2S2/c32-18(12-16-5-1-3-7-24-16)26-22-30-28-20(34-22)11-14-9-15(10-14)21-29-31-23(35-21)27-19(33)13-17-6-2-4-8-25-17/h1-8,11,14-15,28H,9-10,12-13H2,(H,26,30,32)(H,27,31,33). The third-order valence-electron chi connectivity index (χ3n) is 5.45. The number of hydrogen-bond donors (Lipinski definition) is 3. The number of nitrogens with zero attached hydrogens (tertiary/aromatic N) is 5. The van der Waals surface area contributed by atoms with Gasteiger partial charge < -0.3 is 10.6 Å². The van der Waals surface area contributed by atoms with Crippen molar-refractivity contribution >= 4 is 45.2 Å². The SMILES string of the molecule is O=C(Cc1ccccn1)NC1=NNC(=CC2CC(c3nnc(NC(=O)Cc4ccccn4)s3)C2)S1. The van der Waals surface area contributed by atoms with Crippen molar-refractivity contribution in [2.75, 3.05) is 5.32 Å². The van der Waals surface area contributed by atoms with Crippen LogP contribution in [-0.2, 0) is 22.4 Å². The third-order valence-corrected chi connectivity index (χ3v) is 7.29. The van der Waals surface area contributed by atoms with Crippen molar-refractivity contribution in [2.45, 2.75) is 31.6 Å². The number of carbonyl (C=O) groups is 2. The van der Waals surface area contributed by atoms with Crippen LogP contribution < -0.4 is 16.1 Å². The Morgan fingerprint density at radius 3 is 2.31 bits per heavy atom. The summed E-state index contributed by atoms with van der Waals surface area (Å²) in [6.07, 6.45) is 7.78. The molecule has 2 amide bonds. The van der Waals surface area contributed by atoms with Gasteiger partial charge in [-0.25, -0.2) is 0 Å². The van der Waals surface area contributed by atoms with Crippen LogP contribution in [0, 0.1) is 5.92 Å². The molecular weight excluding hydrogens is 484 g/mol. The van der Waals surface area contributed by atoms with Gasteiger partial charge in [-0.1, -0.05) is 23.5 Å². The number of hydrogen-bond acceptors (Lipinski definition) is 10. The number of allylic oxidation sites excluding steroid dienone is 1. The fraction of sp³-hybridized carbons (Fsp3) is 0.261. The lowest BCUT2D eigenvalue weighted by atomic mass is 9.75. The Balaban J connectivity index is 1.05. The number of amides is 2. The van der Waals surface area contributed by atoms with E-state index in [9.17, 15) is 9.59 Å². The lowest BCUT2D eigenvalue weighted by Crippen LogP contribution is -2.29. The van der Waals surface area contributed by atoms with Crippen LogP contribution in [0.15, 0.2) is 65.0 Å². The van der Waals surface area contributed by atoms with Gasteiger partial charge in [0.05, 0.1) is 17.9 Å². The van der Waals surface area contributed by atoms with Crippen LogP contribution in [0.2, 0.25) is 0 Å². The molecule has 3 N–H and O–H groups in total. The van der Waals surface area contributed by atoms with E-state index >= 15 is 0 Å². The summed E-state index contributed by atoms with van der Waals surface area (Å²) in [6, 6.07) is 11.0. The molecule has 0 unspecified atom stereocenters. The zero-order valence-electron chi connectivity index (χ0n) is 18.5. The zero-order valence-corrected chi connectivity index (χ0v) is 20.2. The van der Waals surface area contributed by atoms with Gasteiger partial charge in [0, 0.05) is 29.7 Å².